The third-order valence-corrected chi connectivity index (χ3v) is 3.10. The van der Waals surface area contributed by atoms with Gasteiger partial charge in [-0.3, -0.25) is 4.79 Å². The first-order valence-corrected chi connectivity index (χ1v) is 7.54. The van der Waals surface area contributed by atoms with Crippen molar-refractivity contribution in [2.75, 3.05) is 0 Å². The molecule has 0 fully saturated rings. The number of nitrogens with one attached hydrogen (secondary N) is 1. The predicted molar refractivity (Wildman–Crippen MR) is 91.7 cm³/mol. The Labute approximate surface area is 140 Å². The summed E-state index contributed by atoms with van der Waals surface area (Å²) in [6.07, 6.45) is 1.34. The molecular weight excluding hydrogens is 306 g/mol. The summed E-state index contributed by atoms with van der Waals surface area (Å²) in [5.41, 5.74) is 0.747. The lowest BCUT2D eigenvalue weighted by molar-refractivity contribution is -0.132. The Morgan fingerprint density at radius 3 is 2.29 bits per heavy atom. The maximum atomic E-state index is 12.2. The molecule has 0 unspecified atom stereocenters. The second-order valence-corrected chi connectivity index (χ2v) is 5.39. The third kappa shape index (κ3) is 4.71. The quantitative estimate of drug-likeness (QED) is 0.799. The van der Waals surface area contributed by atoms with Gasteiger partial charge < -0.3 is 15.2 Å². The van der Waals surface area contributed by atoms with Crippen molar-refractivity contribution in [2.24, 2.45) is 0 Å². The summed E-state index contributed by atoms with van der Waals surface area (Å²) in [4.78, 5) is 23.6. The Hall–Kier alpha value is -3.08. The predicted octanol–water partition coefficient (Wildman–Crippen LogP) is 3.33. The van der Waals surface area contributed by atoms with Gasteiger partial charge in [0.15, 0.2) is 0 Å². The van der Waals surface area contributed by atoms with Crippen LogP contribution in [0.5, 0.6) is 5.75 Å². The van der Waals surface area contributed by atoms with Crippen LogP contribution in [0.3, 0.4) is 0 Å². The number of carboxylic acids is 1. The topological polar surface area (TPSA) is 75.6 Å². The molecule has 0 saturated carbocycles. The van der Waals surface area contributed by atoms with E-state index in [1.54, 1.807) is 54.6 Å². The van der Waals surface area contributed by atoms with Gasteiger partial charge in [-0.05, 0) is 38.1 Å². The fraction of sp³-hybridized carbons (Fsp3) is 0.158. The number of hydrogen-bond acceptors (Lipinski definition) is 3. The minimum absolute atomic E-state index is 0.0493. The van der Waals surface area contributed by atoms with Crippen LogP contribution in [0.25, 0.3) is 6.08 Å². The van der Waals surface area contributed by atoms with Crippen molar-refractivity contribution in [2.45, 2.75) is 20.0 Å². The zero-order chi connectivity index (χ0) is 17.5. The summed E-state index contributed by atoms with van der Waals surface area (Å²) < 4.78 is 5.67. The number of carbonyl (C=O) groups is 2. The molecule has 0 radical (unpaired) electrons. The fourth-order valence-corrected chi connectivity index (χ4v) is 2.05. The van der Waals surface area contributed by atoms with Crippen LogP contribution in [-0.4, -0.2) is 23.1 Å². The second kappa shape index (κ2) is 7.97. The van der Waals surface area contributed by atoms with Crippen molar-refractivity contribution in [1.82, 2.24) is 5.32 Å². The van der Waals surface area contributed by atoms with Gasteiger partial charge in [-0.2, -0.15) is 0 Å². The first kappa shape index (κ1) is 17.3. The van der Waals surface area contributed by atoms with Crippen molar-refractivity contribution in [1.29, 1.82) is 0 Å². The number of carbonyl (C=O) groups excluding carboxylic acids is 1. The standard InChI is InChI=1S/C19H19NO4/c1-13(2)24-17-11-7-6-10-15(17)12-16(19(22)23)20-18(21)14-8-4-3-5-9-14/h3-13H,1-2H3,(H,20,21)(H,22,23)/b16-12+. The highest BCUT2D eigenvalue weighted by atomic mass is 16.5. The molecule has 0 aromatic heterocycles. The molecule has 0 aliphatic carbocycles. The van der Waals surface area contributed by atoms with E-state index in [4.69, 9.17) is 4.74 Å². The first-order valence-electron chi connectivity index (χ1n) is 7.54. The average Bonchev–Trinajstić information content (AvgIpc) is 2.56. The summed E-state index contributed by atoms with van der Waals surface area (Å²) in [6, 6.07) is 15.5. The molecule has 0 atom stereocenters. The van der Waals surface area contributed by atoms with E-state index in [2.05, 4.69) is 5.32 Å². The van der Waals surface area contributed by atoms with E-state index >= 15 is 0 Å². The summed E-state index contributed by atoms with van der Waals surface area (Å²) >= 11 is 0. The van der Waals surface area contributed by atoms with Gasteiger partial charge in [0.2, 0.25) is 0 Å². The van der Waals surface area contributed by atoms with Crippen molar-refractivity contribution in [3.63, 3.8) is 0 Å². The lowest BCUT2D eigenvalue weighted by Gasteiger charge is -2.13. The van der Waals surface area contributed by atoms with Crippen molar-refractivity contribution in [3.8, 4) is 5.75 Å². The molecule has 5 heteroatoms. The molecule has 2 aromatic carbocycles. The van der Waals surface area contributed by atoms with Gasteiger partial charge in [0.25, 0.3) is 5.91 Å². The molecular formula is C19H19NO4. The van der Waals surface area contributed by atoms with Gasteiger partial charge in [0.05, 0.1) is 6.10 Å². The lowest BCUT2D eigenvalue weighted by atomic mass is 10.1. The summed E-state index contributed by atoms with van der Waals surface area (Å²) in [6.45, 7) is 3.77. The maximum absolute atomic E-state index is 12.2. The van der Waals surface area contributed by atoms with Crippen LogP contribution in [0.4, 0.5) is 0 Å². The van der Waals surface area contributed by atoms with E-state index in [0.717, 1.165) is 0 Å². The molecule has 0 bridgehead atoms. The number of rotatable bonds is 6. The lowest BCUT2D eigenvalue weighted by Crippen LogP contribution is -2.27. The van der Waals surface area contributed by atoms with Gasteiger partial charge in [0.1, 0.15) is 11.4 Å². The number of aliphatic carboxylic acids is 1. The summed E-state index contributed by atoms with van der Waals surface area (Å²) in [5.74, 6) is -1.15. The van der Waals surface area contributed by atoms with Crippen molar-refractivity contribution in [3.05, 3.63) is 71.4 Å². The molecule has 0 saturated heterocycles. The molecule has 0 aliphatic rings. The highest BCUT2D eigenvalue weighted by Gasteiger charge is 2.14. The number of amides is 1. The zero-order valence-corrected chi connectivity index (χ0v) is 13.5. The monoisotopic (exact) mass is 325 g/mol. The Morgan fingerprint density at radius 1 is 1.04 bits per heavy atom. The molecule has 0 spiro atoms. The van der Waals surface area contributed by atoms with Crippen molar-refractivity contribution < 1.29 is 19.4 Å². The minimum atomic E-state index is -1.22. The van der Waals surface area contributed by atoms with Crippen LogP contribution in [0.2, 0.25) is 0 Å². The van der Waals surface area contributed by atoms with Gasteiger partial charge >= 0.3 is 5.97 Å². The van der Waals surface area contributed by atoms with Crippen LogP contribution in [-0.2, 0) is 4.79 Å². The molecule has 2 rings (SSSR count). The van der Waals surface area contributed by atoms with Gasteiger partial charge in [0, 0.05) is 11.1 Å². The van der Waals surface area contributed by atoms with E-state index < -0.39 is 11.9 Å². The number of ether oxygens (including phenoxy) is 1. The van der Waals surface area contributed by atoms with Crippen LogP contribution >= 0.6 is 0 Å². The van der Waals surface area contributed by atoms with E-state index in [-0.39, 0.29) is 11.8 Å². The molecule has 2 aromatic rings. The summed E-state index contributed by atoms with van der Waals surface area (Å²) in [5, 5.41) is 11.8. The minimum Gasteiger partial charge on any atom is -0.490 e. The molecule has 0 aliphatic heterocycles. The van der Waals surface area contributed by atoms with Gasteiger partial charge in [-0.15, -0.1) is 0 Å². The molecule has 5 nitrogen and oxygen atoms in total. The zero-order valence-electron chi connectivity index (χ0n) is 13.5. The van der Waals surface area contributed by atoms with Crippen LogP contribution in [0.15, 0.2) is 60.3 Å². The Bertz CT molecular complexity index is 751. The second-order valence-electron chi connectivity index (χ2n) is 5.39. The van der Waals surface area contributed by atoms with Crippen molar-refractivity contribution >= 4 is 18.0 Å². The highest BCUT2D eigenvalue weighted by Crippen LogP contribution is 2.22. The van der Waals surface area contributed by atoms with Crippen LogP contribution in [0, 0.1) is 0 Å². The Balaban J connectivity index is 2.30. The highest BCUT2D eigenvalue weighted by molar-refractivity contribution is 6.02. The Morgan fingerprint density at radius 2 is 1.67 bits per heavy atom. The largest absolute Gasteiger partial charge is 0.490 e. The molecule has 24 heavy (non-hydrogen) atoms. The smallest absolute Gasteiger partial charge is 0.352 e. The fourth-order valence-electron chi connectivity index (χ4n) is 2.05. The van der Waals surface area contributed by atoms with E-state index in [1.165, 1.54) is 6.08 Å². The maximum Gasteiger partial charge on any atom is 0.352 e. The van der Waals surface area contributed by atoms with E-state index in [0.29, 0.717) is 16.9 Å². The molecule has 1 amide bonds. The number of carboxylic acid groups (broad SMARTS) is 1. The molecule has 0 heterocycles. The molecule has 124 valence electrons. The SMILES string of the molecule is CC(C)Oc1ccccc1/C=C(/NC(=O)c1ccccc1)C(=O)O. The number of hydrogen-bond donors (Lipinski definition) is 2. The van der Waals surface area contributed by atoms with Crippen LogP contribution in [0.1, 0.15) is 29.8 Å². The van der Waals surface area contributed by atoms with Crippen LogP contribution < -0.4 is 10.1 Å². The molecule has 2 N–H and O–H groups in total. The normalized spacial score (nSPS) is 11.2. The third-order valence-electron chi connectivity index (χ3n) is 3.10. The van der Waals surface area contributed by atoms with Gasteiger partial charge in [-0.25, -0.2) is 4.79 Å². The summed E-state index contributed by atoms with van der Waals surface area (Å²) in [7, 11) is 0. The van der Waals surface area contributed by atoms with Gasteiger partial charge in [-0.1, -0.05) is 36.4 Å². The number of para-hydroxylation sites is 1. The first-order chi connectivity index (χ1) is 11.5. The van der Waals surface area contributed by atoms with E-state index in [1.807, 2.05) is 13.8 Å². The Kier molecular flexibility index (Phi) is 5.73. The average molecular weight is 325 g/mol. The van der Waals surface area contributed by atoms with E-state index in [9.17, 15) is 14.7 Å². The number of benzene rings is 2.